The molecule has 0 spiro atoms. The summed E-state index contributed by atoms with van der Waals surface area (Å²) in [5, 5.41) is 8.80. The summed E-state index contributed by atoms with van der Waals surface area (Å²) >= 11 is 0. The van der Waals surface area contributed by atoms with Crippen molar-refractivity contribution >= 4 is 12.0 Å². The van der Waals surface area contributed by atoms with E-state index in [4.69, 9.17) is 19.5 Å². The quantitative estimate of drug-likeness (QED) is 0.722. The van der Waals surface area contributed by atoms with E-state index in [1.54, 1.807) is 53.5 Å². The maximum atomic E-state index is 12.1. The fourth-order valence-electron chi connectivity index (χ4n) is 2.01. The third kappa shape index (κ3) is 4.92. The normalized spacial score (nSPS) is 11.7. The predicted octanol–water partition coefficient (Wildman–Crippen LogP) is 2.34. The second-order valence-electron chi connectivity index (χ2n) is 5.03. The molecule has 6 heteroatoms. The van der Waals surface area contributed by atoms with Gasteiger partial charge in [0.15, 0.2) is 11.5 Å². The molecule has 124 valence electrons. The standard InChI is InChI=1S/C17H22N2O4/c1-12(10-18)11-19(2)17(20)7-6-13-8-15(22-4)16(23-5)9-14(13)21-3/h6-9,12H,11H2,1-5H3. The molecule has 0 aliphatic heterocycles. The van der Waals surface area contributed by atoms with E-state index in [1.807, 2.05) is 0 Å². The Morgan fingerprint density at radius 1 is 1.22 bits per heavy atom. The van der Waals surface area contributed by atoms with Crippen molar-refractivity contribution in [1.82, 2.24) is 4.90 Å². The van der Waals surface area contributed by atoms with Gasteiger partial charge in [-0.2, -0.15) is 5.26 Å². The monoisotopic (exact) mass is 318 g/mol. The number of carbonyl (C=O) groups excluding carboxylic acids is 1. The van der Waals surface area contributed by atoms with Crippen LogP contribution in [0.4, 0.5) is 0 Å². The Labute approximate surface area is 136 Å². The molecule has 0 radical (unpaired) electrons. The third-order valence-electron chi connectivity index (χ3n) is 3.29. The fraction of sp³-hybridized carbons (Fsp3) is 0.412. The van der Waals surface area contributed by atoms with Crippen LogP contribution in [-0.2, 0) is 4.79 Å². The summed E-state index contributed by atoms with van der Waals surface area (Å²) in [6, 6.07) is 5.54. The Balaban J connectivity index is 2.99. The van der Waals surface area contributed by atoms with Gasteiger partial charge in [0, 0.05) is 31.3 Å². The number of likely N-dealkylation sites (N-methyl/N-ethyl adjacent to an activating group) is 1. The molecule has 0 N–H and O–H groups in total. The second kappa shape index (κ2) is 8.69. The maximum absolute atomic E-state index is 12.1. The average molecular weight is 318 g/mol. The highest BCUT2D eigenvalue weighted by molar-refractivity contribution is 5.92. The van der Waals surface area contributed by atoms with E-state index in [0.29, 0.717) is 29.4 Å². The van der Waals surface area contributed by atoms with Gasteiger partial charge >= 0.3 is 0 Å². The Morgan fingerprint density at radius 2 is 1.78 bits per heavy atom. The zero-order valence-corrected chi connectivity index (χ0v) is 14.1. The van der Waals surface area contributed by atoms with E-state index >= 15 is 0 Å². The van der Waals surface area contributed by atoms with Gasteiger partial charge in [0.05, 0.1) is 33.3 Å². The van der Waals surface area contributed by atoms with Gasteiger partial charge in [-0.3, -0.25) is 4.79 Å². The Kier molecular flexibility index (Phi) is 6.94. The molecule has 0 heterocycles. The number of amides is 1. The third-order valence-corrected chi connectivity index (χ3v) is 3.29. The molecule has 1 amide bonds. The second-order valence-corrected chi connectivity index (χ2v) is 5.03. The van der Waals surface area contributed by atoms with Gasteiger partial charge in [0.2, 0.25) is 5.91 Å². The van der Waals surface area contributed by atoms with Gasteiger partial charge < -0.3 is 19.1 Å². The Hall–Kier alpha value is -2.68. The molecule has 1 rings (SSSR count). The van der Waals surface area contributed by atoms with Crippen LogP contribution < -0.4 is 14.2 Å². The Bertz CT molecular complexity index is 620. The minimum atomic E-state index is -0.215. The number of rotatable bonds is 7. The lowest BCUT2D eigenvalue weighted by atomic mass is 10.1. The van der Waals surface area contributed by atoms with Crippen LogP contribution in [0.2, 0.25) is 0 Å². The molecule has 6 nitrogen and oxygen atoms in total. The van der Waals surface area contributed by atoms with Gasteiger partial charge in [-0.05, 0) is 19.1 Å². The van der Waals surface area contributed by atoms with Gasteiger partial charge in [-0.25, -0.2) is 0 Å². The van der Waals surface area contributed by atoms with Crippen LogP contribution in [0.15, 0.2) is 18.2 Å². The number of methoxy groups -OCH3 is 3. The van der Waals surface area contributed by atoms with E-state index < -0.39 is 0 Å². The van der Waals surface area contributed by atoms with Crippen LogP contribution in [0.1, 0.15) is 12.5 Å². The zero-order valence-electron chi connectivity index (χ0n) is 14.1. The number of hydrogen-bond donors (Lipinski definition) is 0. The van der Waals surface area contributed by atoms with E-state index in [1.165, 1.54) is 11.0 Å². The van der Waals surface area contributed by atoms with Crippen molar-refractivity contribution in [3.8, 4) is 23.3 Å². The highest BCUT2D eigenvalue weighted by atomic mass is 16.5. The van der Waals surface area contributed by atoms with Crippen LogP contribution in [0, 0.1) is 17.2 Å². The maximum Gasteiger partial charge on any atom is 0.246 e. The first kappa shape index (κ1) is 18.4. The summed E-state index contributed by atoms with van der Waals surface area (Å²) in [5.74, 6) is 1.26. The average Bonchev–Trinajstić information content (AvgIpc) is 2.58. The molecule has 1 unspecified atom stereocenters. The Morgan fingerprint density at radius 3 is 2.30 bits per heavy atom. The van der Waals surface area contributed by atoms with Gasteiger partial charge in [0.1, 0.15) is 5.75 Å². The highest BCUT2D eigenvalue weighted by Gasteiger charge is 2.12. The van der Waals surface area contributed by atoms with E-state index in [9.17, 15) is 4.79 Å². The SMILES string of the molecule is COc1cc(OC)c(OC)cc1C=CC(=O)N(C)CC(C)C#N. The first-order valence-corrected chi connectivity index (χ1v) is 7.09. The molecule has 0 aromatic heterocycles. The molecule has 0 saturated heterocycles. The van der Waals surface area contributed by atoms with Crippen molar-refractivity contribution in [2.24, 2.45) is 5.92 Å². The minimum absolute atomic E-state index is 0.191. The zero-order chi connectivity index (χ0) is 17.4. The fourth-order valence-corrected chi connectivity index (χ4v) is 2.01. The molecule has 0 aliphatic carbocycles. The largest absolute Gasteiger partial charge is 0.496 e. The summed E-state index contributed by atoms with van der Waals surface area (Å²) in [6.07, 6.45) is 3.09. The number of nitrogens with zero attached hydrogens (tertiary/aromatic N) is 2. The molecule has 0 saturated carbocycles. The summed E-state index contributed by atoms with van der Waals surface area (Å²) < 4.78 is 15.8. The molecule has 0 aliphatic rings. The minimum Gasteiger partial charge on any atom is -0.496 e. The molecule has 23 heavy (non-hydrogen) atoms. The lowest BCUT2D eigenvalue weighted by Crippen LogP contribution is -2.29. The smallest absolute Gasteiger partial charge is 0.246 e. The lowest BCUT2D eigenvalue weighted by Gasteiger charge is -2.16. The van der Waals surface area contributed by atoms with Crippen LogP contribution in [0.3, 0.4) is 0 Å². The van der Waals surface area contributed by atoms with Gasteiger partial charge in [0.25, 0.3) is 0 Å². The summed E-state index contributed by atoms with van der Waals surface area (Å²) in [5.41, 5.74) is 0.695. The summed E-state index contributed by atoms with van der Waals surface area (Å²) in [6.45, 7) is 2.15. The van der Waals surface area contributed by atoms with E-state index in [0.717, 1.165) is 0 Å². The molecule has 0 bridgehead atoms. The number of hydrogen-bond acceptors (Lipinski definition) is 5. The van der Waals surface area contributed by atoms with E-state index in [-0.39, 0.29) is 11.8 Å². The van der Waals surface area contributed by atoms with Gasteiger partial charge in [-0.1, -0.05) is 0 Å². The van der Waals surface area contributed by atoms with Crippen molar-refractivity contribution in [2.45, 2.75) is 6.92 Å². The van der Waals surface area contributed by atoms with Crippen molar-refractivity contribution in [3.05, 3.63) is 23.8 Å². The topological polar surface area (TPSA) is 71.8 Å². The molecule has 1 aromatic rings. The summed E-state index contributed by atoms with van der Waals surface area (Å²) in [4.78, 5) is 13.6. The van der Waals surface area contributed by atoms with Crippen LogP contribution in [0.5, 0.6) is 17.2 Å². The van der Waals surface area contributed by atoms with Crippen molar-refractivity contribution < 1.29 is 19.0 Å². The molecule has 1 aromatic carbocycles. The van der Waals surface area contributed by atoms with Crippen LogP contribution >= 0.6 is 0 Å². The van der Waals surface area contributed by atoms with Gasteiger partial charge in [-0.15, -0.1) is 0 Å². The number of ether oxygens (including phenoxy) is 3. The van der Waals surface area contributed by atoms with Crippen molar-refractivity contribution in [1.29, 1.82) is 5.26 Å². The lowest BCUT2D eigenvalue weighted by molar-refractivity contribution is -0.125. The number of carbonyl (C=O) groups is 1. The van der Waals surface area contributed by atoms with E-state index in [2.05, 4.69) is 6.07 Å². The first-order chi connectivity index (χ1) is 11.0. The predicted molar refractivity (Wildman–Crippen MR) is 87.5 cm³/mol. The summed E-state index contributed by atoms with van der Waals surface area (Å²) in [7, 11) is 6.29. The molecular formula is C17H22N2O4. The number of benzene rings is 1. The van der Waals surface area contributed by atoms with Crippen molar-refractivity contribution in [3.63, 3.8) is 0 Å². The first-order valence-electron chi connectivity index (χ1n) is 7.09. The highest BCUT2D eigenvalue weighted by Crippen LogP contribution is 2.35. The molecular weight excluding hydrogens is 296 g/mol. The molecule has 0 fully saturated rings. The molecule has 1 atom stereocenters. The van der Waals surface area contributed by atoms with Crippen LogP contribution in [0.25, 0.3) is 6.08 Å². The van der Waals surface area contributed by atoms with Crippen molar-refractivity contribution in [2.75, 3.05) is 34.9 Å². The number of nitriles is 1. The van der Waals surface area contributed by atoms with Crippen LogP contribution in [-0.4, -0.2) is 45.7 Å².